The van der Waals surface area contributed by atoms with Gasteiger partial charge in [-0.15, -0.1) is 0 Å². The van der Waals surface area contributed by atoms with Crippen molar-refractivity contribution in [2.75, 3.05) is 0 Å². The lowest BCUT2D eigenvalue weighted by Gasteiger charge is -2.17. The average molecular weight is 280 g/mol. The molecule has 0 saturated heterocycles. The van der Waals surface area contributed by atoms with Crippen molar-refractivity contribution in [2.24, 2.45) is 0 Å². The van der Waals surface area contributed by atoms with E-state index < -0.39 is 5.97 Å². The zero-order valence-electron chi connectivity index (χ0n) is 11.9. The van der Waals surface area contributed by atoms with Crippen LogP contribution in [0.25, 0.3) is 11.0 Å². The first-order chi connectivity index (χ1) is 10.1. The van der Waals surface area contributed by atoms with Gasteiger partial charge in [0.05, 0.1) is 22.6 Å². The number of benzene rings is 2. The molecule has 0 bridgehead atoms. The number of hydrogen-bond donors (Lipinski definition) is 1. The summed E-state index contributed by atoms with van der Waals surface area (Å²) in [6.45, 7) is 3.97. The molecule has 1 N–H and O–H groups in total. The van der Waals surface area contributed by atoms with Gasteiger partial charge in [-0.05, 0) is 31.5 Å². The van der Waals surface area contributed by atoms with Crippen molar-refractivity contribution in [3.05, 3.63) is 65.5 Å². The van der Waals surface area contributed by atoms with E-state index in [1.165, 1.54) is 0 Å². The van der Waals surface area contributed by atoms with E-state index >= 15 is 0 Å². The standard InChI is InChI=1S/C17H16N2O2/c1-11(13-7-4-3-5-8-13)19-12(2)18-15-10-6-9-14(16(15)19)17(20)21/h3-11H,1-2H3,(H,20,21). The van der Waals surface area contributed by atoms with Gasteiger partial charge in [0, 0.05) is 0 Å². The lowest BCUT2D eigenvalue weighted by Crippen LogP contribution is -2.11. The van der Waals surface area contributed by atoms with Gasteiger partial charge in [0.15, 0.2) is 0 Å². The number of hydrogen-bond acceptors (Lipinski definition) is 2. The second kappa shape index (κ2) is 5.05. The topological polar surface area (TPSA) is 55.1 Å². The molecule has 2 aromatic carbocycles. The van der Waals surface area contributed by atoms with Gasteiger partial charge in [-0.2, -0.15) is 0 Å². The highest BCUT2D eigenvalue weighted by atomic mass is 16.4. The first-order valence-corrected chi connectivity index (χ1v) is 6.85. The molecule has 106 valence electrons. The number of nitrogens with zero attached hydrogens (tertiary/aromatic N) is 2. The molecule has 1 aromatic heterocycles. The minimum Gasteiger partial charge on any atom is -0.478 e. The molecule has 0 saturated carbocycles. The van der Waals surface area contributed by atoms with Crippen LogP contribution >= 0.6 is 0 Å². The summed E-state index contributed by atoms with van der Waals surface area (Å²) in [5.41, 5.74) is 2.81. The van der Waals surface area contributed by atoms with E-state index in [0.29, 0.717) is 5.52 Å². The molecule has 0 spiro atoms. The molecular formula is C17H16N2O2. The number of rotatable bonds is 3. The van der Waals surface area contributed by atoms with E-state index in [4.69, 9.17) is 0 Å². The molecule has 0 amide bonds. The van der Waals surface area contributed by atoms with E-state index in [1.807, 2.05) is 47.9 Å². The summed E-state index contributed by atoms with van der Waals surface area (Å²) in [4.78, 5) is 16.0. The van der Waals surface area contributed by atoms with Gasteiger partial charge < -0.3 is 9.67 Å². The van der Waals surface area contributed by atoms with Crippen molar-refractivity contribution < 1.29 is 9.90 Å². The van der Waals surface area contributed by atoms with Crippen molar-refractivity contribution in [1.82, 2.24) is 9.55 Å². The summed E-state index contributed by atoms with van der Waals surface area (Å²) >= 11 is 0. The largest absolute Gasteiger partial charge is 0.478 e. The van der Waals surface area contributed by atoms with Crippen LogP contribution in [0.15, 0.2) is 48.5 Å². The Morgan fingerprint density at radius 2 is 1.86 bits per heavy atom. The van der Waals surface area contributed by atoms with E-state index in [1.54, 1.807) is 12.1 Å². The maximum Gasteiger partial charge on any atom is 0.337 e. The smallest absolute Gasteiger partial charge is 0.337 e. The maximum atomic E-state index is 11.5. The first kappa shape index (κ1) is 13.4. The minimum absolute atomic E-state index is 0.0247. The van der Waals surface area contributed by atoms with Crippen LogP contribution in [0.2, 0.25) is 0 Å². The number of imidazole rings is 1. The third-order valence-electron chi connectivity index (χ3n) is 3.79. The molecule has 4 nitrogen and oxygen atoms in total. The third kappa shape index (κ3) is 2.18. The Morgan fingerprint density at radius 1 is 1.14 bits per heavy atom. The number of fused-ring (bicyclic) bond motifs is 1. The Hall–Kier alpha value is -2.62. The molecule has 4 heteroatoms. The van der Waals surface area contributed by atoms with E-state index in [0.717, 1.165) is 16.9 Å². The van der Waals surface area contributed by atoms with Crippen LogP contribution in [0.5, 0.6) is 0 Å². The molecule has 1 atom stereocenters. The fraction of sp³-hybridized carbons (Fsp3) is 0.176. The van der Waals surface area contributed by atoms with Crippen LogP contribution in [0, 0.1) is 6.92 Å². The highest BCUT2D eigenvalue weighted by Gasteiger charge is 2.19. The molecule has 0 aliphatic carbocycles. The van der Waals surface area contributed by atoms with Crippen LogP contribution in [0.1, 0.15) is 34.7 Å². The van der Waals surface area contributed by atoms with Crippen LogP contribution in [0.3, 0.4) is 0 Å². The van der Waals surface area contributed by atoms with Gasteiger partial charge in [0.1, 0.15) is 5.82 Å². The molecule has 1 heterocycles. The second-order valence-corrected chi connectivity index (χ2v) is 5.09. The van der Waals surface area contributed by atoms with Gasteiger partial charge in [-0.3, -0.25) is 0 Å². The fourth-order valence-corrected chi connectivity index (χ4v) is 2.79. The van der Waals surface area contributed by atoms with Gasteiger partial charge in [-0.1, -0.05) is 36.4 Å². The minimum atomic E-state index is -0.929. The molecule has 0 fully saturated rings. The fourth-order valence-electron chi connectivity index (χ4n) is 2.79. The molecule has 0 aliphatic heterocycles. The van der Waals surface area contributed by atoms with Crippen LogP contribution < -0.4 is 0 Å². The Labute approximate surface area is 122 Å². The Kier molecular flexibility index (Phi) is 3.22. The number of aryl methyl sites for hydroxylation is 1. The quantitative estimate of drug-likeness (QED) is 0.796. The molecule has 3 aromatic rings. The monoisotopic (exact) mass is 280 g/mol. The number of para-hydroxylation sites is 1. The zero-order chi connectivity index (χ0) is 15.0. The lowest BCUT2D eigenvalue weighted by atomic mass is 10.1. The number of carboxylic acid groups (broad SMARTS) is 1. The zero-order valence-corrected chi connectivity index (χ0v) is 11.9. The van der Waals surface area contributed by atoms with Gasteiger partial charge in [0.25, 0.3) is 0 Å². The summed E-state index contributed by atoms with van der Waals surface area (Å²) in [7, 11) is 0. The Morgan fingerprint density at radius 3 is 2.52 bits per heavy atom. The lowest BCUT2D eigenvalue weighted by molar-refractivity contribution is 0.0698. The predicted molar refractivity (Wildman–Crippen MR) is 81.7 cm³/mol. The van der Waals surface area contributed by atoms with Crippen LogP contribution in [0.4, 0.5) is 0 Å². The number of aromatic nitrogens is 2. The van der Waals surface area contributed by atoms with E-state index in [2.05, 4.69) is 11.9 Å². The van der Waals surface area contributed by atoms with E-state index in [9.17, 15) is 9.90 Å². The normalized spacial score (nSPS) is 12.5. The summed E-state index contributed by atoms with van der Waals surface area (Å²) in [6, 6.07) is 15.3. The first-order valence-electron chi connectivity index (χ1n) is 6.85. The summed E-state index contributed by atoms with van der Waals surface area (Å²) in [5.74, 6) is -0.114. The Balaban J connectivity index is 2.27. The summed E-state index contributed by atoms with van der Waals surface area (Å²) in [6.07, 6.45) is 0. The molecular weight excluding hydrogens is 264 g/mol. The Bertz CT molecular complexity index is 806. The molecule has 1 unspecified atom stereocenters. The predicted octanol–water partition coefficient (Wildman–Crippen LogP) is 3.65. The van der Waals surface area contributed by atoms with Crippen LogP contribution in [-0.4, -0.2) is 20.6 Å². The van der Waals surface area contributed by atoms with Crippen molar-refractivity contribution in [2.45, 2.75) is 19.9 Å². The molecule has 21 heavy (non-hydrogen) atoms. The van der Waals surface area contributed by atoms with Crippen molar-refractivity contribution in [1.29, 1.82) is 0 Å². The third-order valence-corrected chi connectivity index (χ3v) is 3.79. The SMILES string of the molecule is Cc1nc2cccc(C(=O)O)c2n1C(C)c1ccccc1. The van der Waals surface area contributed by atoms with Crippen molar-refractivity contribution >= 4 is 17.0 Å². The highest BCUT2D eigenvalue weighted by molar-refractivity contribution is 6.01. The molecule has 0 radical (unpaired) electrons. The number of carbonyl (C=O) groups is 1. The summed E-state index contributed by atoms with van der Waals surface area (Å²) < 4.78 is 1.99. The second-order valence-electron chi connectivity index (χ2n) is 5.09. The van der Waals surface area contributed by atoms with E-state index in [-0.39, 0.29) is 11.6 Å². The highest BCUT2D eigenvalue weighted by Crippen LogP contribution is 2.28. The van der Waals surface area contributed by atoms with Crippen LogP contribution in [-0.2, 0) is 0 Å². The average Bonchev–Trinajstić information content (AvgIpc) is 2.83. The van der Waals surface area contributed by atoms with Gasteiger partial charge in [-0.25, -0.2) is 9.78 Å². The van der Waals surface area contributed by atoms with Gasteiger partial charge >= 0.3 is 5.97 Å². The maximum absolute atomic E-state index is 11.5. The van der Waals surface area contributed by atoms with Gasteiger partial charge in [0.2, 0.25) is 0 Å². The van der Waals surface area contributed by atoms with Crippen molar-refractivity contribution in [3.63, 3.8) is 0 Å². The van der Waals surface area contributed by atoms with Crippen molar-refractivity contribution in [3.8, 4) is 0 Å². The number of carboxylic acids is 1. The molecule has 0 aliphatic rings. The summed E-state index contributed by atoms with van der Waals surface area (Å²) in [5, 5.41) is 9.43. The number of aromatic carboxylic acids is 1. The molecule has 3 rings (SSSR count).